The predicted molar refractivity (Wildman–Crippen MR) is 83.3 cm³/mol. The van der Waals surface area contributed by atoms with Crippen LogP contribution in [0.3, 0.4) is 0 Å². The van der Waals surface area contributed by atoms with E-state index in [1.54, 1.807) is 6.07 Å². The molecule has 0 spiro atoms. The Hall–Kier alpha value is -1.03. The van der Waals surface area contributed by atoms with Crippen LogP contribution in [0.1, 0.15) is 30.1 Å². The zero-order chi connectivity index (χ0) is 14.1. The van der Waals surface area contributed by atoms with Crippen LogP contribution in [0.15, 0.2) is 46.9 Å². The van der Waals surface area contributed by atoms with Gasteiger partial charge in [-0.15, -0.1) is 0 Å². The molecular weight excluding hydrogens is 340 g/mol. The van der Waals surface area contributed by atoms with Crippen molar-refractivity contribution in [2.75, 3.05) is 0 Å². The molecule has 1 N–H and O–H groups in total. The quantitative estimate of drug-likeness (QED) is 0.861. The molecule has 2 nitrogen and oxygen atoms in total. The van der Waals surface area contributed by atoms with E-state index < -0.39 is 6.10 Å². The molecule has 1 unspecified atom stereocenters. The summed E-state index contributed by atoms with van der Waals surface area (Å²) in [6.45, 7) is 0. The van der Waals surface area contributed by atoms with Crippen molar-refractivity contribution in [2.24, 2.45) is 0 Å². The van der Waals surface area contributed by atoms with Crippen LogP contribution < -0.4 is 4.74 Å². The number of hydrogen-bond donors (Lipinski definition) is 1. The van der Waals surface area contributed by atoms with Gasteiger partial charge in [0.15, 0.2) is 0 Å². The standard InChI is InChI=1S/C16H14BrClO2/c17-11-4-7-14(15(18)9-11)16(19)10-2-1-3-13(8-10)20-12-5-6-12/h1-4,7-9,12,16,19H,5-6H2. The maximum absolute atomic E-state index is 10.5. The van der Waals surface area contributed by atoms with Crippen LogP contribution in [0.2, 0.25) is 5.02 Å². The average Bonchev–Trinajstić information content (AvgIpc) is 3.22. The summed E-state index contributed by atoms with van der Waals surface area (Å²) in [4.78, 5) is 0. The van der Waals surface area contributed by atoms with Crippen molar-refractivity contribution >= 4 is 27.5 Å². The van der Waals surface area contributed by atoms with Crippen LogP contribution in [0.5, 0.6) is 5.75 Å². The summed E-state index contributed by atoms with van der Waals surface area (Å²) in [5.41, 5.74) is 1.48. The Morgan fingerprint density at radius 3 is 2.70 bits per heavy atom. The number of aliphatic hydroxyl groups is 1. The van der Waals surface area contributed by atoms with Crippen molar-refractivity contribution in [2.45, 2.75) is 25.0 Å². The van der Waals surface area contributed by atoms with Crippen LogP contribution >= 0.6 is 27.5 Å². The van der Waals surface area contributed by atoms with Gasteiger partial charge >= 0.3 is 0 Å². The molecule has 0 saturated heterocycles. The number of halogens is 2. The monoisotopic (exact) mass is 352 g/mol. The van der Waals surface area contributed by atoms with Crippen molar-refractivity contribution in [3.8, 4) is 5.75 Å². The second-order valence-corrected chi connectivity index (χ2v) is 6.28. The first-order chi connectivity index (χ1) is 9.63. The number of hydrogen-bond acceptors (Lipinski definition) is 2. The van der Waals surface area contributed by atoms with Gasteiger partial charge in [0.1, 0.15) is 11.9 Å². The highest BCUT2D eigenvalue weighted by Crippen LogP contribution is 2.33. The van der Waals surface area contributed by atoms with E-state index in [1.165, 1.54) is 0 Å². The molecule has 1 atom stereocenters. The van der Waals surface area contributed by atoms with Crippen molar-refractivity contribution in [3.63, 3.8) is 0 Å². The van der Waals surface area contributed by atoms with Gasteiger partial charge in [-0.2, -0.15) is 0 Å². The minimum atomic E-state index is -0.752. The van der Waals surface area contributed by atoms with Crippen LogP contribution in [-0.2, 0) is 0 Å². The lowest BCUT2D eigenvalue weighted by Gasteiger charge is -2.15. The molecule has 0 heterocycles. The van der Waals surface area contributed by atoms with Crippen molar-refractivity contribution in [3.05, 3.63) is 63.1 Å². The molecule has 0 bridgehead atoms. The Morgan fingerprint density at radius 2 is 2.00 bits per heavy atom. The van der Waals surface area contributed by atoms with Gasteiger partial charge in [-0.3, -0.25) is 0 Å². The Bertz CT molecular complexity index is 626. The SMILES string of the molecule is OC(c1cccc(OC2CC2)c1)c1ccc(Br)cc1Cl. The molecule has 0 aromatic heterocycles. The highest BCUT2D eigenvalue weighted by molar-refractivity contribution is 9.10. The number of ether oxygens (including phenoxy) is 1. The maximum atomic E-state index is 10.5. The van der Waals surface area contributed by atoms with Crippen molar-refractivity contribution in [1.29, 1.82) is 0 Å². The van der Waals surface area contributed by atoms with Gasteiger partial charge in [0.2, 0.25) is 0 Å². The van der Waals surface area contributed by atoms with E-state index in [2.05, 4.69) is 15.9 Å². The smallest absolute Gasteiger partial charge is 0.120 e. The third-order valence-corrected chi connectivity index (χ3v) is 4.08. The minimum absolute atomic E-state index is 0.346. The summed E-state index contributed by atoms with van der Waals surface area (Å²) in [7, 11) is 0. The Labute approximate surface area is 131 Å². The summed E-state index contributed by atoms with van der Waals surface area (Å²) in [6, 6.07) is 13.0. The van der Waals surface area contributed by atoms with Crippen LogP contribution in [0.4, 0.5) is 0 Å². The number of rotatable bonds is 4. The van der Waals surface area contributed by atoms with E-state index in [4.69, 9.17) is 16.3 Å². The first-order valence-corrected chi connectivity index (χ1v) is 7.70. The minimum Gasteiger partial charge on any atom is -0.490 e. The first kappa shape index (κ1) is 13.9. The predicted octanol–water partition coefficient (Wildman–Crippen LogP) is 4.73. The molecule has 2 aromatic carbocycles. The van der Waals surface area contributed by atoms with Gasteiger partial charge in [0.25, 0.3) is 0 Å². The van der Waals surface area contributed by atoms with Gasteiger partial charge in [-0.1, -0.05) is 45.7 Å². The molecule has 0 aliphatic heterocycles. The van der Waals surface area contributed by atoms with Gasteiger partial charge in [0.05, 0.1) is 6.10 Å². The summed E-state index contributed by atoms with van der Waals surface area (Å²) in [5.74, 6) is 0.803. The highest BCUT2D eigenvalue weighted by Gasteiger charge is 2.24. The van der Waals surface area contributed by atoms with E-state index in [0.717, 1.165) is 28.6 Å². The third-order valence-electron chi connectivity index (χ3n) is 3.26. The molecular formula is C16H14BrClO2. The van der Waals surface area contributed by atoms with Crippen molar-refractivity contribution < 1.29 is 9.84 Å². The molecule has 104 valence electrons. The molecule has 3 rings (SSSR count). The number of benzene rings is 2. The highest BCUT2D eigenvalue weighted by atomic mass is 79.9. The normalized spacial score (nSPS) is 15.9. The Kier molecular flexibility index (Phi) is 4.01. The molecule has 1 aliphatic rings. The molecule has 20 heavy (non-hydrogen) atoms. The van der Waals surface area contributed by atoms with Gasteiger partial charge in [0, 0.05) is 15.1 Å². The lowest BCUT2D eigenvalue weighted by Crippen LogP contribution is -2.02. The van der Waals surface area contributed by atoms with E-state index in [-0.39, 0.29) is 0 Å². The molecule has 4 heteroatoms. The molecule has 1 saturated carbocycles. The Balaban J connectivity index is 1.86. The van der Waals surface area contributed by atoms with Crippen molar-refractivity contribution in [1.82, 2.24) is 0 Å². The van der Waals surface area contributed by atoms with Gasteiger partial charge in [-0.05, 0) is 42.7 Å². The largest absolute Gasteiger partial charge is 0.490 e. The number of aliphatic hydroxyl groups excluding tert-OH is 1. The molecule has 0 amide bonds. The van der Waals surface area contributed by atoms with E-state index in [9.17, 15) is 5.11 Å². The maximum Gasteiger partial charge on any atom is 0.120 e. The zero-order valence-corrected chi connectivity index (χ0v) is 13.1. The van der Waals surface area contributed by atoms with E-state index >= 15 is 0 Å². The molecule has 0 radical (unpaired) electrons. The topological polar surface area (TPSA) is 29.5 Å². The summed E-state index contributed by atoms with van der Waals surface area (Å²) in [6.07, 6.45) is 1.83. The second kappa shape index (κ2) is 5.76. The lowest BCUT2D eigenvalue weighted by molar-refractivity contribution is 0.219. The Morgan fingerprint density at radius 1 is 1.20 bits per heavy atom. The molecule has 1 fully saturated rings. The van der Waals surface area contributed by atoms with Crippen LogP contribution in [0.25, 0.3) is 0 Å². The van der Waals surface area contributed by atoms with Gasteiger partial charge < -0.3 is 9.84 Å². The zero-order valence-electron chi connectivity index (χ0n) is 10.7. The fraction of sp³-hybridized carbons (Fsp3) is 0.250. The summed E-state index contributed by atoms with van der Waals surface area (Å²) < 4.78 is 6.64. The lowest BCUT2D eigenvalue weighted by atomic mass is 10.0. The average molecular weight is 354 g/mol. The third kappa shape index (κ3) is 3.17. The first-order valence-electron chi connectivity index (χ1n) is 6.53. The summed E-state index contributed by atoms with van der Waals surface area (Å²) in [5, 5.41) is 11.0. The van der Waals surface area contributed by atoms with E-state index in [1.807, 2.05) is 36.4 Å². The van der Waals surface area contributed by atoms with Crippen LogP contribution in [0, 0.1) is 0 Å². The van der Waals surface area contributed by atoms with E-state index in [0.29, 0.717) is 16.7 Å². The summed E-state index contributed by atoms with van der Waals surface area (Å²) >= 11 is 9.55. The fourth-order valence-electron chi connectivity index (χ4n) is 2.04. The molecule has 1 aliphatic carbocycles. The van der Waals surface area contributed by atoms with Gasteiger partial charge in [-0.25, -0.2) is 0 Å². The van der Waals surface area contributed by atoms with Crippen LogP contribution in [-0.4, -0.2) is 11.2 Å². The second-order valence-electron chi connectivity index (χ2n) is 4.96. The fourth-order valence-corrected chi connectivity index (χ4v) is 2.82. The molecule has 2 aromatic rings.